The van der Waals surface area contributed by atoms with Crippen LogP contribution in [0.2, 0.25) is 0 Å². The number of aliphatic imine (C=N–C) groups is 2. The van der Waals surface area contributed by atoms with Crippen molar-refractivity contribution in [1.82, 2.24) is 0 Å². The van der Waals surface area contributed by atoms with Gasteiger partial charge in [0, 0.05) is 17.6 Å². The molecule has 0 N–H and O–H groups in total. The van der Waals surface area contributed by atoms with Crippen molar-refractivity contribution in [3.8, 4) is 11.1 Å². The standard InChI is InChI=1S/C37H38Br2N2O2/c1-23-9-7-11-26(13-23)28-15-25(3)16-29(17-28)33-40-35(4,21-42-33)20-36(5)22-43-34(41-36)31-18-30(19-37(6,39)32(31)38)27-12-8-10-24(2)14-27/h7-19,32H,20-22H2,1-6H3/t32?,35-,36-,37?/m1/s1. The number of alkyl halides is 2. The van der Waals surface area contributed by atoms with Gasteiger partial charge in [-0.25, -0.2) is 9.98 Å². The molecule has 0 saturated carbocycles. The maximum atomic E-state index is 6.35. The zero-order valence-electron chi connectivity index (χ0n) is 25.7. The summed E-state index contributed by atoms with van der Waals surface area (Å²) in [7, 11) is 0. The zero-order valence-corrected chi connectivity index (χ0v) is 28.8. The van der Waals surface area contributed by atoms with Gasteiger partial charge in [0.1, 0.15) is 13.2 Å². The monoisotopic (exact) mass is 700 g/mol. The Morgan fingerprint density at radius 1 is 0.721 bits per heavy atom. The molecule has 0 bridgehead atoms. The average Bonchev–Trinajstić information content (AvgIpc) is 3.52. The topological polar surface area (TPSA) is 43.2 Å². The Labute approximate surface area is 272 Å². The molecule has 4 atom stereocenters. The molecule has 2 heterocycles. The van der Waals surface area contributed by atoms with E-state index in [1.807, 2.05) is 0 Å². The van der Waals surface area contributed by atoms with Crippen molar-refractivity contribution in [3.05, 3.63) is 112 Å². The first-order valence-electron chi connectivity index (χ1n) is 14.8. The number of aryl methyl sites for hydroxylation is 3. The molecular weight excluding hydrogens is 664 g/mol. The summed E-state index contributed by atoms with van der Waals surface area (Å²) in [5.41, 5.74) is 9.59. The first-order chi connectivity index (χ1) is 20.3. The molecule has 2 aliphatic heterocycles. The summed E-state index contributed by atoms with van der Waals surface area (Å²) in [4.78, 5) is 10.4. The van der Waals surface area contributed by atoms with Crippen LogP contribution in [0.3, 0.4) is 0 Å². The van der Waals surface area contributed by atoms with Crippen LogP contribution in [0, 0.1) is 20.8 Å². The lowest BCUT2D eigenvalue weighted by Crippen LogP contribution is -2.37. The van der Waals surface area contributed by atoms with Crippen molar-refractivity contribution in [2.45, 2.75) is 68.2 Å². The second-order valence-corrected chi connectivity index (χ2v) is 15.7. The number of benzene rings is 3. The van der Waals surface area contributed by atoms with Crippen LogP contribution in [0.1, 0.15) is 55.0 Å². The number of hydrogen-bond acceptors (Lipinski definition) is 4. The number of nitrogens with zero attached hydrogens (tertiary/aromatic N) is 2. The molecule has 0 aromatic heterocycles. The lowest BCUT2D eigenvalue weighted by Gasteiger charge is -2.32. The van der Waals surface area contributed by atoms with E-state index in [9.17, 15) is 0 Å². The van der Waals surface area contributed by atoms with E-state index in [4.69, 9.17) is 19.5 Å². The number of allylic oxidation sites excluding steroid dienone is 3. The Balaban J connectivity index is 1.26. The van der Waals surface area contributed by atoms with Crippen molar-refractivity contribution >= 4 is 49.2 Å². The van der Waals surface area contributed by atoms with Crippen molar-refractivity contribution < 1.29 is 9.47 Å². The van der Waals surface area contributed by atoms with Crippen LogP contribution in [0.15, 0.2) is 94.4 Å². The van der Waals surface area contributed by atoms with E-state index in [1.165, 1.54) is 33.4 Å². The molecule has 0 spiro atoms. The molecule has 0 fully saturated rings. The highest BCUT2D eigenvalue weighted by atomic mass is 79.9. The van der Waals surface area contributed by atoms with Crippen molar-refractivity contribution in [1.29, 1.82) is 0 Å². The first-order valence-corrected chi connectivity index (χ1v) is 16.5. The minimum Gasteiger partial charge on any atom is -0.475 e. The molecule has 6 heteroatoms. The van der Waals surface area contributed by atoms with Gasteiger partial charge in [0.05, 0.1) is 20.2 Å². The number of halogens is 2. The van der Waals surface area contributed by atoms with Gasteiger partial charge in [-0.05, 0) is 87.6 Å². The number of rotatable bonds is 6. The van der Waals surface area contributed by atoms with Gasteiger partial charge in [-0.15, -0.1) is 0 Å². The van der Waals surface area contributed by atoms with Crippen molar-refractivity contribution in [3.63, 3.8) is 0 Å². The molecule has 6 rings (SSSR count). The van der Waals surface area contributed by atoms with Gasteiger partial charge in [0.25, 0.3) is 0 Å². The van der Waals surface area contributed by atoms with Crippen LogP contribution in [-0.4, -0.2) is 45.2 Å². The SMILES string of the molecule is Cc1cccc(C2=CC(C)(Br)C(Br)C(C3=N[C@](C)(C[C@]4(C)COC(c5cc(C)cc(-c6cccc(C)c6)c5)=N4)CO3)=C2)c1. The third kappa shape index (κ3) is 6.32. The van der Waals surface area contributed by atoms with Gasteiger partial charge in [0.15, 0.2) is 0 Å². The molecular formula is C37H38Br2N2O2. The van der Waals surface area contributed by atoms with E-state index in [0.717, 1.165) is 23.1 Å². The summed E-state index contributed by atoms with van der Waals surface area (Å²) in [6, 6.07) is 23.7. The van der Waals surface area contributed by atoms with Crippen LogP contribution in [-0.2, 0) is 9.47 Å². The Morgan fingerprint density at radius 3 is 1.95 bits per heavy atom. The Hall–Kier alpha value is -2.96. The maximum absolute atomic E-state index is 6.35. The van der Waals surface area contributed by atoms with Crippen LogP contribution in [0.5, 0.6) is 0 Å². The van der Waals surface area contributed by atoms with Crippen molar-refractivity contribution in [2.75, 3.05) is 13.2 Å². The summed E-state index contributed by atoms with van der Waals surface area (Å²) in [6.45, 7) is 13.9. The molecule has 3 aromatic carbocycles. The molecule has 1 aliphatic carbocycles. The predicted molar refractivity (Wildman–Crippen MR) is 186 cm³/mol. The molecule has 0 saturated heterocycles. The fourth-order valence-electron chi connectivity index (χ4n) is 6.39. The first kappa shape index (κ1) is 30.1. The molecule has 2 unspecified atom stereocenters. The fraction of sp³-hybridized carbons (Fsp3) is 0.351. The molecule has 4 nitrogen and oxygen atoms in total. The summed E-state index contributed by atoms with van der Waals surface area (Å²) in [5.74, 6) is 1.40. The van der Waals surface area contributed by atoms with E-state index < -0.39 is 11.1 Å². The third-order valence-corrected chi connectivity index (χ3v) is 11.1. The summed E-state index contributed by atoms with van der Waals surface area (Å²) in [5, 5.41) is 0. The van der Waals surface area contributed by atoms with Gasteiger partial charge in [-0.2, -0.15) is 0 Å². The van der Waals surface area contributed by atoms with Gasteiger partial charge in [-0.3, -0.25) is 0 Å². The summed E-state index contributed by atoms with van der Waals surface area (Å²) >= 11 is 7.90. The normalized spacial score (nSPS) is 28.4. The minimum absolute atomic E-state index is 0.00796. The minimum atomic E-state index is -0.424. The highest BCUT2D eigenvalue weighted by molar-refractivity contribution is 9.12. The van der Waals surface area contributed by atoms with Gasteiger partial charge in [-0.1, -0.05) is 104 Å². The molecule has 43 heavy (non-hydrogen) atoms. The smallest absolute Gasteiger partial charge is 0.216 e. The molecule has 3 aliphatic rings. The van der Waals surface area contributed by atoms with E-state index in [2.05, 4.69) is 152 Å². The molecule has 0 amide bonds. The van der Waals surface area contributed by atoms with Crippen molar-refractivity contribution in [2.24, 2.45) is 9.98 Å². The second-order valence-electron chi connectivity index (χ2n) is 13.1. The van der Waals surface area contributed by atoms with E-state index in [1.54, 1.807) is 0 Å². The zero-order chi connectivity index (χ0) is 30.6. The fourth-order valence-corrected chi connectivity index (χ4v) is 7.34. The van der Waals surface area contributed by atoms with Crippen LogP contribution < -0.4 is 0 Å². The van der Waals surface area contributed by atoms with Crippen LogP contribution in [0.25, 0.3) is 16.7 Å². The summed E-state index contributed by atoms with van der Waals surface area (Å²) in [6.07, 6.45) is 5.19. The largest absolute Gasteiger partial charge is 0.475 e. The van der Waals surface area contributed by atoms with Gasteiger partial charge >= 0.3 is 0 Å². The average molecular weight is 703 g/mol. The highest BCUT2D eigenvalue weighted by Gasteiger charge is 2.45. The van der Waals surface area contributed by atoms with Gasteiger partial charge in [0.2, 0.25) is 11.8 Å². The number of hydrogen-bond donors (Lipinski definition) is 0. The van der Waals surface area contributed by atoms with Crippen LogP contribution in [0.4, 0.5) is 0 Å². The van der Waals surface area contributed by atoms with E-state index in [0.29, 0.717) is 25.0 Å². The quantitative estimate of drug-likeness (QED) is 0.241. The number of ether oxygens (including phenoxy) is 2. The molecule has 0 radical (unpaired) electrons. The Morgan fingerprint density at radius 2 is 1.28 bits per heavy atom. The lowest BCUT2D eigenvalue weighted by molar-refractivity contribution is 0.194. The van der Waals surface area contributed by atoms with Gasteiger partial charge < -0.3 is 9.47 Å². The third-order valence-electron chi connectivity index (χ3n) is 8.34. The Bertz CT molecular complexity index is 1720. The molecule has 3 aromatic rings. The second kappa shape index (κ2) is 11.2. The van der Waals surface area contributed by atoms with Crippen LogP contribution >= 0.6 is 31.9 Å². The highest BCUT2D eigenvalue weighted by Crippen LogP contribution is 2.44. The Kier molecular flexibility index (Phi) is 7.83. The van der Waals surface area contributed by atoms with E-state index in [-0.39, 0.29) is 9.15 Å². The summed E-state index contributed by atoms with van der Waals surface area (Å²) < 4.78 is 12.3. The predicted octanol–water partition coefficient (Wildman–Crippen LogP) is 9.33. The lowest BCUT2D eigenvalue weighted by atomic mass is 9.86. The molecule has 222 valence electrons. The van der Waals surface area contributed by atoms with E-state index >= 15 is 0 Å². The maximum Gasteiger partial charge on any atom is 0.216 e.